The number of nitrogens with one attached hydrogen (secondary N) is 1. The Labute approximate surface area is 156 Å². The van der Waals surface area contributed by atoms with E-state index in [1.807, 2.05) is 37.5 Å². The van der Waals surface area contributed by atoms with E-state index in [9.17, 15) is 0 Å². The van der Waals surface area contributed by atoms with Crippen molar-refractivity contribution < 1.29 is 0 Å². The summed E-state index contributed by atoms with van der Waals surface area (Å²) in [5.41, 5.74) is 10.4. The molecule has 4 aromatic rings. The molecule has 0 aliphatic heterocycles. The highest BCUT2D eigenvalue weighted by molar-refractivity contribution is 5.84. The summed E-state index contributed by atoms with van der Waals surface area (Å²) in [5.74, 6) is 2.18. The summed E-state index contributed by atoms with van der Waals surface area (Å²) in [6.45, 7) is 4.23. The third-order valence-corrected chi connectivity index (χ3v) is 4.30. The first-order valence-electron chi connectivity index (χ1n) is 8.65. The number of nitrogens with zero attached hydrogens (tertiary/aromatic N) is 6. The molecule has 0 aliphatic carbocycles. The second-order valence-electron chi connectivity index (χ2n) is 6.71. The zero-order valence-corrected chi connectivity index (χ0v) is 15.4. The van der Waals surface area contributed by atoms with Crippen molar-refractivity contribution >= 4 is 28.5 Å². The molecular weight excluding hydrogens is 340 g/mol. The van der Waals surface area contributed by atoms with Gasteiger partial charge in [-0.1, -0.05) is 13.8 Å². The average Bonchev–Trinajstić information content (AvgIpc) is 2.99. The summed E-state index contributed by atoms with van der Waals surface area (Å²) in [7, 11) is 1.83. The smallest absolute Gasteiger partial charge is 0.154 e. The van der Waals surface area contributed by atoms with Crippen molar-refractivity contribution in [1.29, 1.82) is 0 Å². The molecule has 0 atom stereocenters. The summed E-state index contributed by atoms with van der Waals surface area (Å²) in [4.78, 5) is 9.14. The van der Waals surface area contributed by atoms with E-state index in [0.717, 1.165) is 27.7 Å². The van der Waals surface area contributed by atoms with Gasteiger partial charge in [-0.15, -0.1) is 5.10 Å². The first kappa shape index (κ1) is 16.9. The Hall–Kier alpha value is -3.55. The molecule has 4 heterocycles. The summed E-state index contributed by atoms with van der Waals surface area (Å²) in [5, 5.41) is 15.6. The zero-order valence-electron chi connectivity index (χ0n) is 15.4. The molecule has 4 rings (SSSR count). The Bertz CT molecular complexity index is 1120. The molecule has 0 fully saturated rings. The molecule has 8 nitrogen and oxygen atoms in total. The minimum Gasteiger partial charge on any atom is -0.382 e. The number of nitrogen functional groups attached to an aromatic ring is 1. The third-order valence-electron chi connectivity index (χ3n) is 4.30. The quantitative estimate of drug-likeness (QED) is 0.575. The van der Waals surface area contributed by atoms with Gasteiger partial charge in [0, 0.05) is 30.6 Å². The lowest BCUT2D eigenvalue weighted by molar-refractivity contribution is 0.772. The maximum Gasteiger partial charge on any atom is 0.154 e. The molecule has 136 valence electrons. The van der Waals surface area contributed by atoms with Crippen molar-refractivity contribution in [2.75, 3.05) is 11.1 Å². The predicted molar refractivity (Wildman–Crippen MR) is 106 cm³/mol. The maximum atomic E-state index is 5.98. The van der Waals surface area contributed by atoms with Gasteiger partial charge in [0.15, 0.2) is 11.6 Å². The maximum absolute atomic E-state index is 5.98. The van der Waals surface area contributed by atoms with Gasteiger partial charge in [-0.3, -0.25) is 9.67 Å². The Morgan fingerprint density at radius 2 is 1.93 bits per heavy atom. The molecular formula is C19H20N8. The first-order chi connectivity index (χ1) is 13.0. The molecule has 4 aromatic heterocycles. The molecule has 0 unspecified atom stereocenters. The van der Waals surface area contributed by atoms with Crippen LogP contribution in [0.5, 0.6) is 0 Å². The molecule has 0 aromatic carbocycles. The molecule has 0 aliphatic rings. The van der Waals surface area contributed by atoms with E-state index in [2.05, 4.69) is 44.4 Å². The summed E-state index contributed by atoms with van der Waals surface area (Å²) in [6, 6.07) is 7.73. The first-order valence-corrected chi connectivity index (χ1v) is 8.65. The van der Waals surface area contributed by atoms with Gasteiger partial charge in [0.2, 0.25) is 0 Å². The van der Waals surface area contributed by atoms with Crippen LogP contribution in [0.15, 0.2) is 42.9 Å². The lowest BCUT2D eigenvalue weighted by Crippen LogP contribution is -2.00. The predicted octanol–water partition coefficient (Wildman–Crippen LogP) is 3.27. The molecule has 0 saturated heterocycles. The number of pyridine rings is 2. The Morgan fingerprint density at radius 1 is 1.07 bits per heavy atom. The molecule has 0 amide bonds. The van der Waals surface area contributed by atoms with Gasteiger partial charge in [0.1, 0.15) is 5.82 Å². The number of rotatable bonds is 4. The van der Waals surface area contributed by atoms with Crippen LogP contribution in [-0.4, -0.2) is 29.9 Å². The lowest BCUT2D eigenvalue weighted by Gasteiger charge is -2.09. The molecule has 8 heteroatoms. The SMILES string of the molecule is CC(C)c1cnnc(Nc2ccc3ncc(-c4cn(C)nc4N)cc3n2)c1. The summed E-state index contributed by atoms with van der Waals surface area (Å²) < 4.78 is 1.68. The fourth-order valence-electron chi connectivity index (χ4n) is 2.84. The number of anilines is 3. The monoisotopic (exact) mass is 360 g/mol. The second kappa shape index (κ2) is 6.64. The van der Waals surface area contributed by atoms with Crippen molar-refractivity contribution in [2.45, 2.75) is 19.8 Å². The van der Waals surface area contributed by atoms with Crippen LogP contribution in [0.25, 0.3) is 22.2 Å². The number of hydrogen-bond donors (Lipinski definition) is 2. The third kappa shape index (κ3) is 3.41. The van der Waals surface area contributed by atoms with E-state index in [1.165, 1.54) is 0 Å². The minimum absolute atomic E-state index is 0.377. The van der Waals surface area contributed by atoms with Gasteiger partial charge in [-0.25, -0.2) is 4.98 Å². The number of fused-ring (bicyclic) bond motifs is 1. The molecule has 3 N–H and O–H groups in total. The molecule has 0 spiro atoms. The van der Waals surface area contributed by atoms with E-state index in [-0.39, 0.29) is 0 Å². The van der Waals surface area contributed by atoms with Crippen LogP contribution in [0.2, 0.25) is 0 Å². The Morgan fingerprint density at radius 3 is 2.67 bits per heavy atom. The van der Waals surface area contributed by atoms with Crippen LogP contribution < -0.4 is 11.1 Å². The van der Waals surface area contributed by atoms with Gasteiger partial charge in [-0.05, 0) is 35.7 Å². The minimum atomic E-state index is 0.377. The van der Waals surface area contributed by atoms with Crippen LogP contribution in [0.1, 0.15) is 25.3 Å². The largest absolute Gasteiger partial charge is 0.382 e. The molecule has 27 heavy (non-hydrogen) atoms. The van der Waals surface area contributed by atoms with E-state index < -0.39 is 0 Å². The van der Waals surface area contributed by atoms with E-state index in [0.29, 0.717) is 23.4 Å². The molecule has 0 saturated carbocycles. The fourth-order valence-corrected chi connectivity index (χ4v) is 2.84. The molecule has 0 bridgehead atoms. The van der Waals surface area contributed by atoms with Crippen LogP contribution in [0.3, 0.4) is 0 Å². The van der Waals surface area contributed by atoms with Gasteiger partial charge < -0.3 is 11.1 Å². The summed E-state index contributed by atoms with van der Waals surface area (Å²) in [6.07, 6.45) is 5.42. The zero-order chi connectivity index (χ0) is 19.0. The average molecular weight is 360 g/mol. The topological polar surface area (TPSA) is 107 Å². The highest BCUT2D eigenvalue weighted by Gasteiger charge is 2.10. The highest BCUT2D eigenvalue weighted by Crippen LogP contribution is 2.27. The standard InChI is InChI=1S/C19H20N8/c1-11(2)12-7-18(25-22-9-12)24-17-5-4-15-16(23-17)6-13(8-21-15)14-10-27(3)26-19(14)20/h4-11H,1-3H3,(H2,20,26)(H,23,24,25). The van der Waals surface area contributed by atoms with E-state index in [4.69, 9.17) is 5.73 Å². The Kier molecular flexibility index (Phi) is 4.15. The van der Waals surface area contributed by atoms with Crippen LogP contribution in [-0.2, 0) is 7.05 Å². The van der Waals surface area contributed by atoms with E-state index in [1.54, 1.807) is 17.1 Å². The highest BCUT2D eigenvalue weighted by atomic mass is 15.3. The summed E-state index contributed by atoms with van der Waals surface area (Å²) >= 11 is 0. The fraction of sp³-hybridized carbons (Fsp3) is 0.211. The van der Waals surface area contributed by atoms with Crippen molar-refractivity contribution in [1.82, 2.24) is 29.9 Å². The number of aromatic nitrogens is 6. The second-order valence-corrected chi connectivity index (χ2v) is 6.71. The Balaban J connectivity index is 1.69. The lowest BCUT2D eigenvalue weighted by atomic mass is 10.1. The van der Waals surface area contributed by atoms with Crippen LogP contribution >= 0.6 is 0 Å². The van der Waals surface area contributed by atoms with Crippen LogP contribution in [0, 0.1) is 0 Å². The van der Waals surface area contributed by atoms with Crippen molar-refractivity contribution in [3.63, 3.8) is 0 Å². The van der Waals surface area contributed by atoms with Crippen molar-refractivity contribution in [2.24, 2.45) is 7.05 Å². The van der Waals surface area contributed by atoms with Gasteiger partial charge in [0.05, 0.1) is 17.2 Å². The number of nitrogens with two attached hydrogens (primary N) is 1. The van der Waals surface area contributed by atoms with Gasteiger partial charge in [0.25, 0.3) is 0 Å². The van der Waals surface area contributed by atoms with Crippen molar-refractivity contribution in [3.8, 4) is 11.1 Å². The van der Waals surface area contributed by atoms with Gasteiger partial charge in [-0.2, -0.15) is 10.2 Å². The van der Waals surface area contributed by atoms with Crippen LogP contribution in [0.4, 0.5) is 17.5 Å². The molecule has 0 radical (unpaired) electrons. The normalized spacial score (nSPS) is 11.3. The number of aryl methyl sites for hydroxylation is 1. The van der Waals surface area contributed by atoms with Crippen molar-refractivity contribution in [3.05, 3.63) is 48.4 Å². The van der Waals surface area contributed by atoms with E-state index >= 15 is 0 Å². The number of hydrogen-bond acceptors (Lipinski definition) is 7. The van der Waals surface area contributed by atoms with Gasteiger partial charge >= 0.3 is 0 Å².